The summed E-state index contributed by atoms with van der Waals surface area (Å²) in [4.78, 5) is 0. The van der Waals surface area contributed by atoms with Crippen LogP contribution < -0.4 is 0 Å². The molecule has 27 heavy (non-hydrogen) atoms. The van der Waals surface area contributed by atoms with Crippen molar-refractivity contribution in [1.29, 1.82) is 10.5 Å². The van der Waals surface area contributed by atoms with Crippen molar-refractivity contribution in [2.24, 2.45) is 0 Å². The van der Waals surface area contributed by atoms with E-state index < -0.39 is 0 Å². The van der Waals surface area contributed by atoms with Crippen LogP contribution in [0.1, 0.15) is 28.1 Å². The average Bonchev–Trinajstić information content (AvgIpc) is 2.93. The van der Waals surface area contributed by atoms with E-state index in [0.29, 0.717) is 26.7 Å². The zero-order valence-electron chi connectivity index (χ0n) is 14.8. The molecule has 3 nitrogen and oxygen atoms in total. The molecule has 132 valence electrons. The molecule has 1 heterocycles. The van der Waals surface area contributed by atoms with E-state index in [4.69, 9.17) is 28.5 Å². The summed E-state index contributed by atoms with van der Waals surface area (Å²) in [5.41, 5.74) is 5.43. The number of benzene rings is 2. The summed E-state index contributed by atoms with van der Waals surface area (Å²) in [6.45, 7) is 3.96. The first-order valence-corrected chi connectivity index (χ1v) is 8.97. The predicted octanol–water partition coefficient (Wildman–Crippen LogP) is 6.34. The van der Waals surface area contributed by atoms with Crippen molar-refractivity contribution in [1.82, 2.24) is 4.57 Å². The zero-order chi connectivity index (χ0) is 19.6. The van der Waals surface area contributed by atoms with Crippen LogP contribution in [-0.2, 0) is 0 Å². The van der Waals surface area contributed by atoms with E-state index in [2.05, 4.69) is 12.1 Å². The molecule has 0 N–H and O–H groups in total. The van der Waals surface area contributed by atoms with Gasteiger partial charge in [0.1, 0.15) is 0 Å². The second-order valence-electron chi connectivity index (χ2n) is 6.12. The van der Waals surface area contributed by atoms with Gasteiger partial charge in [-0.25, -0.2) is 0 Å². The highest BCUT2D eigenvalue weighted by molar-refractivity contribution is 6.35. The minimum absolute atomic E-state index is 0.495. The molecule has 0 amide bonds. The van der Waals surface area contributed by atoms with Crippen LogP contribution >= 0.6 is 23.2 Å². The zero-order valence-corrected chi connectivity index (χ0v) is 16.3. The number of nitrogens with zero attached hydrogens (tertiary/aromatic N) is 3. The Morgan fingerprint density at radius 1 is 1.04 bits per heavy atom. The molecule has 2 aromatic carbocycles. The minimum atomic E-state index is 0.495. The molecule has 0 radical (unpaired) electrons. The van der Waals surface area contributed by atoms with Gasteiger partial charge in [-0.3, -0.25) is 0 Å². The van der Waals surface area contributed by atoms with Gasteiger partial charge >= 0.3 is 0 Å². The topological polar surface area (TPSA) is 52.5 Å². The van der Waals surface area contributed by atoms with E-state index in [0.717, 1.165) is 22.6 Å². The summed E-state index contributed by atoms with van der Waals surface area (Å²) in [6, 6.07) is 18.7. The van der Waals surface area contributed by atoms with E-state index in [1.807, 2.05) is 42.7 Å². The molecule has 3 rings (SSSR count). The molecule has 0 bridgehead atoms. The Labute approximate surface area is 168 Å². The largest absolute Gasteiger partial charge is 0.316 e. The number of hydrogen-bond donors (Lipinski definition) is 0. The molecule has 0 unspecified atom stereocenters. The summed E-state index contributed by atoms with van der Waals surface area (Å²) < 4.78 is 2.03. The highest BCUT2D eigenvalue weighted by Gasteiger charge is 2.13. The maximum absolute atomic E-state index is 9.62. The van der Waals surface area contributed by atoms with E-state index in [1.165, 1.54) is 0 Å². The van der Waals surface area contributed by atoms with E-state index in [-0.39, 0.29) is 0 Å². The van der Waals surface area contributed by atoms with Gasteiger partial charge in [0, 0.05) is 16.4 Å². The second-order valence-corrected chi connectivity index (χ2v) is 6.96. The van der Waals surface area contributed by atoms with Gasteiger partial charge in [0.25, 0.3) is 0 Å². The molecule has 3 aromatic rings. The van der Waals surface area contributed by atoms with Gasteiger partial charge in [0.15, 0.2) is 0 Å². The fourth-order valence-corrected chi connectivity index (χ4v) is 3.55. The van der Waals surface area contributed by atoms with Crippen molar-refractivity contribution in [2.75, 3.05) is 0 Å². The number of aryl methyl sites for hydroxylation is 1. The summed E-state index contributed by atoms with van der Waals surface area (Å²) in [5, 5.41) is 19.8. The van der Waals surface area contributed by atoms with Crippen LogP contribution in [0.25, 0.3) is 17.3 Å². The first-order valence-electron chi connectivity index (χ1n) is 8.21. The van der Waals surface area contributed by atoms with Gasteiger partial charge < -0.3 is 4.57 Å². The highest BCUT2D eigenvalue weighted by Crippen LogP contribution is 2.30. The molecule has 0 saturated carbocycles. The molecule has 0 aliphatic heterocycles. The van der Waals surface area contributed by atoms with Crippen LogP contribution in [0, 0.1) is 36.5 Å². The number of aromatic nitrogens is 1. The lowest BCUT2D eigenvalue weighted by molar-refractivity contribution is 0.965. The van der Waals surface area contributed by atoms with Crippen molar-refractivity contribution in [2.45, 2.75) is 13.8 Å². The van der Waals surface area contributed by atoms with Crippen molar-refractivity contribution >= 4 is 34.9 Å². The Morgan fingerprint density at radius 3 is 2.48 bits per heavy atom. The van der Waals surface area contributed by atoms with E-state index >= 15 is 0 Å². The van der Waals surface area contributed by atoms with Crippen LogP contribution in [0.4, 0.5) is 0 Å². The van der Waals surface area contributed by atoms with Crippen LogP contribution in [0.3, 0.4) is 0 Å². The maximum atomic E-state index is 9.62. The molecule has 0 atom stereocenters. The van der Waals surface area contributed by atoms with Crippen LogP contribution in [0.15, 0.2) is 48.5 Å². The lowest BCUT2D eigenvalue weighted by atomic mass is 10.0. The first kappa shape index (κ1) is 18.8. The SMILES string of the molecule is Cc1cc(C=C(C#N)c2cccc(C#N)c2)c(C)n1-c1ccc(Cl)cc1Cl. The van der Waals surface area contributed by atoms with E-state index in [1.54, 1.807) is 30.3 Å². The molecule has 1 aromatic heterocycles. The fraction of sp³-hybridized carbons (Fsp3) is 0.0909. The van der Waals surface area contributed by atoms with Crippen molar-refractivity contribution < 1.29 is 0 Å². The predicted molar refractivity (Wildman–Crippen MR) is 110 cm³/mol. The number of nitriles is 2. The third-order valence-electron chi connectivity index (χ3n) is 4.34. The lowest BCUT2D eigenvalue weighted by Gasteiger charge is -2.12. The van der Waals surface area contributed by atoms with Crippen LogP contribution in [0.5, 0.6) is 0 Å². The van der Waals surface area contributed by atoms with Crippen LogP contribution in [0.2, 0.25) is 10.0 Å². The van der Waals surface area contributed by atoms with Gasteiger partial charge in [0.05, 0.1) is 34.0 Å². The number of rotatable bonds is 3. The van der Waals surface area contributed by atoms with Gasteiger partial charge in [0.2, 0.25) is 0 Å². The second kappa shape index (κ2) is 7.72. The quantitative estimate of drug-likeness (QED) is 0.489. The summed E-state index contributed by atoms with van der Waals surface area (Å²) in [7, 11) is 0. The molecule has 0 fully saturated rings. The Kier molecular flexibility index (Phi) is 5.38. The standard InChI is InChI=1S/C22H15Cl2N3/c1-14-8-18(10-19(13-26)17-5-3-4-16(9-17)12-25)15(2)27(14)22-7-6-20(23)11-21(22)24/h3-11H,1-2H3. The monoisotopic (exact) mass is 391 g/mol. The van der Waals surface area contributed by atoms with Crippen LogP contribution in [-0.4, -0.2) is 4.57 Å². The molecule has 0 aliphatic rings. The average molecular weight is 392 g/mol. The normalized spacial score (nSPS) is 11.1. The number of hydrogen-bond acceptors (Lipinski definition) is 2. The Morgan fingerprint density at radius 2 is 1.81 bits per heavy atom. The summed E-state index contributed by atoms with van der Waals surface area (Å²) in [5.74, 6) is 0. The van der Waals surface area contributed by atoms with E-state index in [9.17, 15) is 5.26 Å². The van der Waals surface area contributed by atoms with Crippen molar-refractivity contribution in [3.05, 3.63) is 86.7 Å². The van der Waals surface area contributed by atoms with Gasteiger partial charge in [-0.2, -0.15) is 10.5 Å². The first-order chi connectivity index (χ1) is 12.9. The van der Waals surface area contributed by atoms with Crippen molar-refractivity contribution in [3.8, 4) is 17.8 Å². The Balaban J connectivity index is 2.12. The Bertz CT molecular complexity index is 1140. The molecule has 5 heteroatoms. The summed E-state index contributed by atoms with van der Waals surface area (Å²) >= 11 is 12.4. The van der Waals surface area contributed by atoms with Gasteiger partial charge in [-0.15, -0.1) is 0 Å². The summed E-state index contributed by atoms with van der Waals surface area (Å²) in [6.07, 6.45) is 1.83. The smallest absolute Gasteiger partial charge is 0.0998 e. The number of halogens is 2. The van der Waals surface area contributed by atoms with Gasteiger partial charge in [-0.1, -0.05) is 35.3 Å². The fourth-order valence-electron chi connectivity index (χ4n) is 3.06. The molecule has 0 spiro atoms. The van der Waals surface area contributed by atoms with Gasteiger partial charge in [-0.05, 0) is 67.4 Å². The number of allylic oxidation sites excluding steroid dienone is 1. The van der Waals surface area contributed by atoms with Crippen molar-refractivity contribution in [3.63, 3.8) is 0 Å². The lowest BCUT2D eigenvalue weighted by Crippen LogP contribution is -2.00. The third kappa shape index (κ3) is 3.76. The molecular weight excluding hydrogens is 377 g/mol. The molecular formula is C22H15Cl2N3. The maximum Gasteiger partial charge on any atom is 0.0998 e. The molecule has 0 saturated heterocycles. The Hall–Kier alpha value is -2.98. The minimum Gasteiger partial charge on any atom is -0.316 e. The molecule has 0 aliphatic carbocycles. The highest BCUT2D eigenvalue weighted by atomic mass is 35.5. The third-order valence-corrected chi connectivity index (χ3v) is 4.88.